The van der Waals surface area contributed by atoms with Gasteiger partial charge in [0, 0.05) is 18.0 Å². The number of rotatable bonds is 5. The first kappa shape index (κ1) is 15.5. The van der Waals surface area contributed by atoms with Gasteiger partial charge >= 0.3 is 0 Å². The number of amides is 1. The summed E-state index contributed by atoms with van der Waals surface area (Å²) in [7, 11) is 0. The highest BCUT2D eigenvalue weighted by atomic mass is 16.2. The quantitative estimate of drug-likeness (QED) is 0.722. The molecule has 1 rings (SSSR count). The van der Waals surface area contributed by atoms with Gasteiger partial charge in [0.2, 0.25) is 5.91 Å². The zero-order valence-electron chi connectivity index (χ0n) is 13.1. The van der Waals surface area contributed by atoms with Gasteiger partial charge in [-0.2, -0.15) is 0 Å². The molecular weight excluding hydrogens is 222 g/mol. The summed E-state index contributed by atoms with van der Waals surface area (Å²) in [5.41, 5.74) is 0. The van der Waals surface area contributed by atoms with Crippen molar-refractivity contribution in [1.29, 1.82) is 0 Å². The van der Waals surface area contributed by atoms with E-state index in [9.17, 15) is 4.79 Å². The Balaban J connectivity index is 2.81. The second-order valence-corrected chi connectivity index (χ2v) is 6.49. The standard InChI is InChI=1S/C16H31NO/c1-7-12(4)14(6)16(18)17(11(2)3)15-10-8-9-13(15)5/h11-15H,7-10H2,1-6H3. The van der Waals surface area contributed by atoms with Crippen LogP contribution in [0.3, 0.4) is 0 Å². The summed E-state index contributed by atoms with van der Waals surface area (Å²) in [5.74, 6) is 1.68. The summed E-state index contributed by atoms with van der Waals surface area (Å²) in [6.45, 7) is 13.1. The van der Waals surface area contributed by atoms with Crippen molar-refractivity contribution >= 4 is 5.91 Å². The smallest absolute Gasteiger partial charge is 0.226 e. The molecule has 0 aromatic heterocycles. The average molecular weight is 253 g/mol. The fourth-order valence-corrected chi connectivity index (χ4v) is 3.17. The molecule has 0 aromatic rings. The summed E-state index contributed by atoms with van der Waals surface area (Å²) >= 11 is 0. The van der Waals surface area contributed by atoms with Gasteiger partial charge in [-0.15, -0.1) is 0 Å². The Morgan fingerprint density at radius 3 is 2.22 bits per heavy atom. The first-order chi connectivity index (χ1) is 8.40. The van der Waals surface area contributed by atoms with Crippen molar-refractivity contribution in [3.8, 4) is 0 Å². The fraction of sp³-hybridized carbons (Fsp3) is 0.938. The Hall–Kier alpha value is -0.530. The lowest BCUT2D eigenvalue weighted by atomic mass is 9.90. The van der Waals surface area contributed by atoms with Crippen LogP contribution < -0.4 is 0 Å². The molecule has 0 heterocycles. The maximum Gasteiger partial charge on any atom is 0.226 e. The third kappa shape index (κ3) is 3.27. The van der Waals surface area contributed by atoms with E-state index >= 15 is 0 Å². The summed E-state index contributed by atoms with van der Waals surface area (Å²) in [6.07, 6.45) is 4.83. The molecule has 1 aliphatic carbocycles. The second-order valence-electron chi connectivity index (χ2n) is 6.49. The molecule has 0 bridgehead atoms. The lowest BCUT2D eigenvalue weighted by Crippen LogP contribution is -2.49. The monoisotopic (exact) mass is 253 g/mol. The summed E-state index contributed by atoms with van der Waals surface area (Å²) in [5, 5.41) is 0. The van der Waals surface area contributed by atoms with Crippen LogP contribution in [-0.2, 0) is 4.79 Å². The third-order valence-electron chi connectivity index (χ3n) is 4.87. The lowest BCUT2D eigenvalue weighted by Gasteiger charge is -2.38. The van der Waals surface area contributed by atoms with Crippen molar-refractivity contribution in [3.05, 3.63) is 0 Å². The minimum absolute atomic E-state index is 0.158. The highest BCUT2D eigenvalue weighted by Gasteiger charge is 2.36. The molecule has 0 aromatic carbocycles. The largest absolute Gasteiger partial charge is 0.337 e. The Morgan fingerprint density at radius 2 is 1.83 bits per heavy atom. The first-order valence-electron chi connectivity index (χ1n) is 7.72. The molecule has 0 aliphatic heterocycles. The van der Waals surface area contributed by atoms with Crippen molar-refractivity contribution in [2.75, 3.05) is 0 Å². The van der Waals surface area contributed by atoms with E-state index in [0.717, 1.165) is 6.42 Å². The van der Waals surface area contributed by atoms with Crippen LogP contribution in [0.2, 0.25) is 0 Å². The van der Waals surface area contributed by atoms with Crippen LogP contribution >= 0.6 is 0 Å². The van der Waals surface area contributed by atoms with Crippen LogP contribution in [0.15, 0.2) is 0 Å². The number of nitrogens with zero attached hydrogens (tertiary/aromatic N) is 1. The molecule has 1 saturated carbocycles. The second kappa shape index (κ2) is 6.58. The summed E-state index contributed by atoms with van der Waals surface area (Å²) in [6, 6.07) is 0.804. The SMILES string of the molecule is CCC(C)C(C)C(=O)N(C(C)C)C1CCCC1C. The zero-order valence-corrected chi connectivity index (χ0v) is 13.1. The number of carbonyl (C=O) groups is 1. The Labute approximate surface area is 113 Å². The van der Waals surface area contributed by atoms with Crippen LogP contribution in [-0.4, -0.2) is 22.9 Å². The molecule has 18 heavy (non-hydrogen) atoms. The van der Waals surface area contributed by atoms with E-state index in [1.165, 1.54) is 19.3 Å². The number of hydrogen-bond acceptors (Lipinski definition) is 1. The topological polar surface area (TPSA) is 20.3 Å². The van der Waals surface area contributed by atoms with E-state index in [0.29, 0.717) is 29.8 Å². The number of hydrogen-bond donors (Lipinski definition) is 0. The van der Waals surface area contributed by atoms with Gasteiger partial charge in [0.05, 0.1) is 0 Å². The predicted octanol–water partition coefficient (Wildman–Crippen LogP) is 4.09. The molecule has 2 nitrogen and oxygen atoms in total. The highest BCUT2D eigenvalue weighted by molar-refractivity contribution is 5.79. The van der Waals surface area contributed by atoms with Crippen LogP contribution in [0.1, 0.15) is 67.2 Å². The van der Waals surface area contributed by atoms with E-state index in [-0.39, 0.29) is 5.92 Å². The number of carbonyl (C=O) groups excluding carboxylic acids is 1. The Morgan fingerprint density at radius 1 is 1.22 bits per heavy atom. The van der Waals surface area contributed by atoms with Crippen LogP contribution in [0.4, 0.5) is 0 Å². The van der Waals surface area contributed by atoms with Crippen molar-refractivity contribution in [3.63, 3.8) is 0 Å². The third-order valence-corrected chi connectivity index (χ3v) is 4.87. The van der Waals surface area contributed by atoms with Gasteiger partial charge in [-0.3, -0.25) is 4.79 Å². The van der Waals surface area contributed by atoms with Crippen molar-refractivity contribution in [2.24, 2.45) is 17.8 Å². The van der Waals surface area contributed by atoms with E-state index in [1.807, 2.05) is 0 Å². The van der Waals surface area contributed by atoms with Crippen molar-refractivity contribution in [2.45, 2.75) is 79.3 Å². The lowest BCUT2D eigenvalue weighted by molar-refractivity contribution is -0.141. The maximum absolute atomic E-state index is 12.7. The summed E-state index contributed by atoms with van der Waals surface area (Å²) in [4.78, 5) is 14.9. The molecule has 4 unspecified atom stereocenters. The Kier molecular flexibility index (Phi) is 5.68. The van der Waals surface area contributed by atoms with Crippen LogP contribution in [0.25, 0.3) is 0 Å². The summed E-state index contributed by atoms with van der Waals surface area (Å²) < 4.78 is 0. The maximum atomic E-state index is 12.7. The fourth-order valence-electron chi connectivity index (χ4n) is 3.17. The normalized spacial score (nSPS) is 27.3. The molecular formula is C16H31NO. The van der Waals surface area contributed by atoms with Gasteiger partial charge in [0.1, 0.15) is 0 Å². The van der Waals surface area contributed by atoms with Crippen LogP contribution in [0, 0.1) is 17.8 Å². The van der Waals surface area contributed by atoms with E-state index < -0.39 is 0 Å². The van der Waals surface area contributed by atoms with E-state index in [4.69, 9.17) is 0 Å². The van der Waals surface area contributed by atoms with Gasteiger partial charge in [-0.1, -0.05) is 40.5 Å². The Bertz CT molecular complexity index is 274. The van der Waals surface area contributed by atoms with E-state index in [1.54, 1.807) is 0 Å². The molecule has 106 valence electrons. The highest BCUT2D eigenvalue weighted by Crippen LogP contribution is 2.32. The molecule has 1 fully saturated rings. The van der Waals surface area contributed by atoms with Gasteiger partial charge in [0.25, 0.3) is 0 Å². The van der Waals surface area contributed by atoms with Gasteiger partial charge in [-0.25, -0.2) is 0 Å². The molecule has 1 aliphatic rings. The zero-order chi connectivity index (χ0) is 13.9. The minimum Gasteiger partial charge on any atom is -0.337 e. The molecule has 0 radical (unpaired) electrons. The molecule has 0 spiro atoms. The molecule has 0 saturated heterocycles. The van der Waals surface area contributed by atoms with E-state index in [2.05, 4.69) is 46.4 Å². The minimum atomic E-state index is 0.158. The molecule has 2 heteroatoms. The molecule has 1 amide bonds. The van der Waals surface area contributed by atoms with Gasteiger partial charge < -0.3 is 4.90 Å². The van der Waals surface area contributed by atoms with Crippen molar-refractivity contribution in [1.82, 2.24) is 4.90 Å². The molecule has 0 N–H and O–H groups in total. The predicted molar refractivity (Wildman–Crippen MR) is 77.4 cm³/mol. The van der Waals surface area contributed by atoms with Crippen molar-refractivity contribution < 1.29 is 4.79 Å². The average Bonchev–Trinajstić information content (AvgIpc) is 2.73. The van der Waals surface area contributed by atoms with Gasteiger partial charge in [0.15, 0.2) is 0 Å². The van der Waals surface area contributed by atoms with Gasteiger partial charge in [-0.05, 0) is 38.5 Å². The van der Waals surface area contributed by atoms with Crippen LogP contribution in [0.5, 0.6) is 0 Å². The first-order valence-corrected chi connectivity index (χ1v) is 7.72. The molecule has 4 atom stereocenters.